The van der Waals surface area contributed by atoms with Gasteiger partial charge in [0.1, 0.15) is 0 Å². The molecule has 108 valence electrons. The standard InChI is InChI=1S/C16H21NO3/c1-3-17(12-7-4-6-11(2)10-12)15(18)13-8-5-9-14(13)16(19)20/h4,6-7,10,13-14H,3,5,8-9H2,1-2H3,(H,19,20)/t13-,14+/m1/s1. The van der Waals surface area contributed by atoms with Gasteiger partial charge in [-0.2, -0.15) is 0 Å². The van der Waals surface area contributed by atoms with Gasteiger partial charge in [0.2, 0.25) is 5.91 Å². The van der Waals surface area contributed by atoms with E-state index >= 15 is 0 Å². The van der Waals surface area contributed by atoms with Crippen LogP contribution in [-0.4, -0.2) is 23.5 Å². The summed E-state index contributed by atoms with van der Waals surface area (Å²) in [4.78, 5) is 25.6. The number of carbonyl (C=O) groups excluding carboxylic acids is 1. The first-order chi connectivity index (χ1) is 9.54. The van der Waals surface area contributed by atoms with Crippen LogP contribution in [0, 0.1) is 18.8 Å². The fourth-order valence-electron chi connectivity index (χ4n) is 3.01. The summed E-state index contributed by atoms with van der Waals surface area (Å²) in [5.41, 5.74) is 1.95. The number of aryl methyl sites for hydroxylation is 1. The zero-order chi connectivity index (χ0) is 14.7. The van der Waals surface area contributed by atoms with Gasteiger partial charge in [0.15, 0.2) is 0 Å². The highest BCUT2D eigenvalue weighted by atomic mass is 16.4. The number of aliphatic carboxylic acids is 1. The lowest BCUT2D eigenvalue weighted by Gasteiger charge is -2.26. The lowest BCUT2D eigenvalue weighted by Crippen LogP contribution is -2.39. The van der Waals surface area contributed by atoms with E-state index in [9.17, 15) is 14.7 Å². The van der Waals surface area contributed by atoms with Gasteiger partial charge in [-0.3, -0.25) is 9.59 Å². The third-order valence-corrected chi connectivity index (χ3v) is 4.05. The SMILES string of the molecule is CCN(C(=O)[C@@H]1CCC[C@@H]1C(=O)O)c1cccc(C)c1. The van der Waals surface area contributed by atoms with Crippen molar-refractivity contribution in [2.24, 2.45) is 11.8 Å². The van der Waals surface area contributed by atoms with E-state index in [1.807, 2.05) is 38.1 Å². The molecule has 1 N–H and O–H groups in total. The predicted molar refractivity (Wildman–Crippen MR) is 77.7 cm³/mol. The van der Waals surface area contributed by atoms with Gasteiger partial charge in [-0.25, -0.2) is 0 Å². The molecule has 0 aliphatic heterocycles. The monoisotopic (exact) mass is 275 g/mol. The predicted octanol–water partition coefficient (Wildman–Crippen LogP) is 2.85. The third-order valence-electron chi connectivity index (χ3n) is 4.05. The van der Waals surface area contributed by atoms with Crippen LogP contribution in [0.2, 0.25) is 0 Å². The Morgan fingerprint density at radius 2 is 2.00 bits per heavy atom. The lowest BCUT2D eigenvalue weighted by atomic mass is 9.94. The second-order valence-corrected chi connectivity index (χ2v) is 5.40. The highest BCUT2D eigenvalue weighted by Crippen LogP contribution is 2.34. The molecule has 1 aromatic carbocycles. The van der Waals surface area contributed by atoms with Crippen LogP contribution in [0.1, 0.15) is 31.7 Å². The minimum absolute atomic E-state index is 0.0528. The maximum Gasteiger partial charge on any atom is 0.307 e. The summed E-state index contributed by atoms with van der Waals surface area (Å²) in [7, 11) is 0. The number of amides is 1. The molecule has 1 fully saturated rings. The number of carboxylic acids is 1. The number of hydrogen-bond donors (Lipinski definition) is 1. The Morgan fingerprint density at radius 1 is 1.30 bits per heavy atom. The van der Waals surface area contributed by atoms with Crippen LogP contribution in [0.4, 0.5) is 5.69 Å². The maximum absolute atomic E-state index is 12.7. The second-order valence-electron chi connectivity index (χ2n) is 5.40. The van der Waals surface area contributed by atoms with Gasteiger partial charge < -0.3 is 10.0 Å². The summed E-state index contributed by atoms with van der Waals surface area (Å²) < 4.78 is 0. The van der Waals surface area contributed by atoms with Crippen LogP contribution in [0.3, 0.4) is 0 Å². The maximum atomic E-state index is 12.7. The van der Waals surface area contributed by atoms with E-state index < -0.39 is 11.9 Å². The lowest BCUT2D eigenvalue weighted by molar-refractivity contribution is -0.145. The van der Waals surface area contributed by atoms with E-state index in [2.05, 4.69) is 0 Å². The zero-order valence-electron chi connectivity index (χ0n) is 12.0. The number of benzene rings is 1. The highest BCUT2D eigenvalue weighted by Gasteiger charge is 2.39. The van der Waals surface area contributed by atoms with Crippen LogP contribution < -0.4 is 4.90 Å². The Kier molecular flexibility index (Phi) is 4.42. The van der Waals surface area contributed by atoms with Crippen molar-refractivity contribution >= 4 is 17.6 Å². The first-order valence-corrected chi connectivity index (χ1v) is 7.15. The summed E-state index contributed by atoms with van der Waals surface area (Å²) in [5, 5.41) is 9.23. The molecule has 0 heterocycles. The molecular formula is C16H21NO3. The third kappa shape index (κ3) is 2.84. The van der Waals surface area contributed by atoms with Crippen LogP contribution in [0.5, 0.6) is 0 Å². The van der Waals surface area contributed by atoms with Gasteiger partial charge in [-0.15, -0.1) is 0 Å². The molecule has 4 nitrogen and oxygen atoms in total. The Hall–Kier alpha value is -1.84. The normalized spacial score (nSPS) is 21.7. The van der Waals surface area contributed by atoms with Crippen molar-refractivity contribution in [1.82, 2.24) is 0 Å². The largest absolute Gasteiger partial charge is 0.481 e. The van der Waals surface area contributed by atoms with Crippen molar-refractivity contribution in [3.63, 3.8) is 0 Å². The van der Waals surface area contributed by atoms with Crippen LogP contribution in [-0.2, 0) is 9.59 Å². The van der Waals surface area contributed by atoms with E-state index in [0.29, 0.717) is 19.4 Å². The molecule has 20 heavy (non-hydrogen) atoms. The summed E-state index contributed by atoms with van der Waals surface area (Å²) >= 11 is 0. The second kappa shape index (κ2) is 6.07. The molecule has 0 saturated heterocycles. The van der Waals surface area contributed by atoms with Crippen LogP contribution >= 0.6 is 0 Å². The van der Waals surface area contributed by atoms with Crippen molar-refractivity contribution in [2.75, 3.05) is 11.4 Å². The van der Waals surface area contributed by atoms with Crippen molar-refractivity contribution in [1.29, 1.82) is 0 Å². The average molecular weight is 275 g/mol. The Labute approximate surface area is 119 Å². The van der Waals surface area contributed by atoms with E-state index in [1.54, 1.807) is 4.90 Å². The van der Waals surface area contributed by atoms with Gasteiger partial charge in [-0.1, -0.05) is 18.6 Å². The molecule has 1 aromatic rings. The van der Waals surface area contributed by atoms with Gasteiger partial charge in [0.05, 0.1) is 11.8 Å². The minimum Gasteiger partial charge on any atom is -0.481 e. The average Bonchev–Trinajstić information content (AvgIpc) is 2.89. The van der Waals surface area contributed by atoms with E-state index in [-0.39, 0.29) is 11.8 Å². The molecule has 1 aliphatic rings. The van der Waals surface area contributed by atoms with Gasteiger partial charge in [0.25, 0.3) is 0 Å². The van der Waals surface area contributed by atoms with Crippen LogP contribution in [0.25, 0.3) is 0 Å². The molecule has 4 heteroatoms. The number of rotatable bonds is 4. The molecule has 2 atom stereocenters. The first kappa shape index (κ1) is 14.6. The molecule has 2 rings (SSSR count). The molecule has 1 saturated carbocycles. The number of anilines is 1. The summed E-state index contributed by atoms with van der Waals surface area (Å²) in [5.74, 6) is -1.81. The molecular weight excluding hydrogens is 254 g/mol. The molecule has 0 unspecified atom stereocenters. The summed E-state index contributed by atoms with van der Waals surface area (Å²) in [6, 6.07) is 7.77. The van der Waals surface area contributed by atoms with Gasteiger partial charge in [0, 0.05) is 12.2 Å². The number of nitrogens with zero attached hydrogens (tertiary/aromatic N) is 1. The summed E-state index contributed by atoms with van der Waals surface area (Å²) in [6.07, 6.45) is 2.11. The van der Waals surface area contributed by atoms with Crippen LogP contribution in [0.15, 0.2) is 24.3 Å². The first-order valence-electron chi connectivity index (χ1n) is 7.15. The van der Waals surface area contributed by atoms with Crippen molar-refractivity contribution in [3.8, 4) is 0 Å². The molecule has 0 bridgehead atoms. The molecule has 1 amide bonds. The minimum atomic E-state index is -0.846. The number of carboxylic acid groups (broad SMARTS) is 1. The Morgan fingerprint density at radius 3 is 2.60 bits per heavy atom. The van der Waals surface area contributed by atoms with Crippen molar-refractivity contribution in [2.45, 2.75) is 33.1 Å². The van der Waals surface area contributed by atoms with E-state index in [4.69, 9.17) is 0 Å². The fourth-order valence-corrected chi connectivity index (χ4v) is 3.01. The van der Waals surface area contributed by atoms with Gasteiger partial charge >= 0.3 is 5.97 Å². The topological polar surface area (TPSA) is 57.6 Å². The highest BCUT2D eigenvalue weighted by molar-refractivity contribution is 5.97. The number of hydrogen-bond acceptors (Lipinski definition) is 2. The Balaban J connectivity index is 2.23. The summed E-state index contributed by atoms with van der Waals surface area (Å²) in [6.45, 7) is 4.47. The quantitative estimate of drug-likeness (QED) is 0.919. The fraction of sp³-hybridized carbons (Fsp3) is 0.500. The van der Waals surface area contributed by atoms with Crippen molar-refractivity contribution < 1.29 is 14.7 Å². The molecule has 0 spiro atoms. The van der Waals surface area contributed by atoms with E-state index in [0.717, 1.165) is 17.7 Å². The number of carbonyl (C=O) groups is 2. The molecule has 0 aromatic heterocycles. The molecule has 0 radical (unpaired) electrons. The van der Waals surface area contributed by atoms with Crippen molar-refractivity contribution in [3.05, 3.63) is 29.8 Å². The van der Waals surface area contributed by atoms with Gasteiger partial charge in [-0.05, 0) is 44.4 Å². The Bertz CT molecular complexity index is 512. The molecule has 1 aliphatic carbocycles. The zero-order valence-corrected chi connectivity index (χ0v) is 12.0. The van der Waals surface area contributed by atoms with E-state index in [1.165, 1.54) is 0 Å². The smallest absolute Gasteiger partial charge is 0.307 e.